The Balaban J connectivity index is 3.78. The van der Waals surface area contributed by atoms with Gasteiger partial charge in [-0.15, -0.1) is 0 Å². The van der Waals surface area contributed by atoms with E-state index in [-0.39, 0.29) is 12.0 Å². The van der Waals surface area contributed by atoms with Gasteiger partial charge in [0.25, 0.3) is 0 Å². The normalized spacial score (nSPS) is 13.7. The molecule has 0 amide bonds. The summed E-state index contributed by atoms with van der Waals surface area (Å²) >= 11 is 0. The fraction of sp³-hybridized carbons (Fsp3) is 0.909. The van der Waals surface area contributed by atoms with Crippen molar-refractivity contribution in [3.05, 3.63) is 0 Å². The van der Waals surface area contributed by atoms with Crippen LogP contribution < -0.4 is 5.32 Å². The summed E-state index contributed by atoms with van der Waals surface area (Å²) in [6.07, 6.45) is 1.16. The van der Waals surface area contributed by atoms with E-state index < -0.39 is 5.60 Å². The van der Waals surface area contributed by atoms with Crippen molar-refractivity contribution in [3.63, 3.8) is 0 Å². The summed E-state index contributed by atoms with van der Waals surface area (Å²) in [5, 5.41) is 3.09. The maximum atomic E-state index is 11.4. The fourth-order valence-corrected chi connectivity index (χ4v) is 1.20. The molecule has 0 heterocycles. The van der Waals surface area contributed by atoms with Gasteiger partial charge in [-0.2, -0.15) is 0 Å². The topological polar surface area (TPSA) is 47.6 Å². The number of hydrogen-bond donors (Lipinski definition) is 1. The lowest BCUT2D eigenvalue weighted by molar-refractivity contribution is -0.155. The third kappa shape index (κ3) is 8.39. The molecule has 4 nitrogen and oxygen atoms in total. The zero-order valence-electron chi connectivity index (χ0n) is 10.4. The number of carbonyl (C=O) groups excluding carboxylic acids is 1. The number of nitrogens with one attached hydrogen (secondary N) is 1. The van der Waals surface area contributed by atoms with E-state index in [1.165, 1.54) is 0 Å². The number of likely N-dealkylation sites (N-methyl/N-ethyl adjacent to an activating group) is 1. The van der Waals surface area contributed by atoms with Crippen LogP contribution in [0.1, 0.15) is 33.6 Å². The Labute approximate surface area is 92.3 Å². The second-order valence-electron chi connectivity index (χ2n) is 4.57. The van der Waals surface area contributed by atoms with Gasteiger partial charge in [0.1, 0.15) is 5.60 Å². The molecule has 1 atom stereocenters. The SMILES string of the molecule is CN[C@@H](CCC(=O)OC(C)(C)C)COC. The lowest BCUT2D eigenvalue weighted by atomic mass is 10.1. The highest BCUT2D eigenvalue weighted by atomic mass is 16.6. The van der Waals surface area contributed by atoms with Crippen LogP contribution in [-0.2, 0) is 14.3 Å². The van der Waals surface area contributed by atoms with E-state index >= 15 is 0 Å². The average molecular weight is 217 g/mol. The summed E-state index contributed by atoms with van der Waals surface area (Å²) in [6.45, 7) is 6.22. The molecule has 0 saturated carbocycles. The van der Waals surface area contributed by atoms with Crippen molar-refractivity contribution in [1.29, 1.82) is 0 Å². The van der Waals surface area contributed by atoms with E-state index in [9.17, 15) is 4.79 Å². The monoisotopic (exact) mass is 217 g/mol. The Morgan fingerprint density at radius 2 is 2.00 bits per heavy atom. The van der Waals surface area contributed by atoms with E-state index in [4.69, 9.17) is 9.47 Å². The quantitative estimate of drug-likeness (QED) is 0.682. The molecule has 0 aliphatic rings. The van der Waals surface area contributed by atoms with Crippen molar-refractivity contribution in [2.75, 3.05) is 20.8 Å². The second kappa shape index (κ2) is 6.80. The van der Waals surface area contributed by atoms with E-state index in [0.29, 0.717) is 13.0 Å². The van der Waals surface area contributed by atoms with Gasteiger partial charge in [-0.05, 0) is 34.2 Å². The Hall–Kier alpha value is -0.610. The zero-order chi connectivity index (χ0) is 11.9. The van der Waals surface area contributed by atoms with E-state index in [1.54, 1.807) is 7.11 Å². The van der Waals surface area contributed by atoms with Crippen molar-refractivity contribution < 1.29 is 14.3 Å². The Kier molecular flexibility index (Phi) is 6.52. The molecular formula is C11H23NO3. The first-order valence-electron chi connectivity index (χ1n) is 5.27. The lowest BCUT2D eigenvalue weighted by Crippen LogP contribution is -2.31. The number of hydrogen-bond acceptors (Lipinski definition) is 4. The summed E-state index contributed by atoms with van der Waals surface area (Å²) in [6, 6.07) is 0.211. The first-order chi connectivity index (χ1) is 6.89. The molecule has 0 aliphatic carbocycles. The predicted octanol–water partition coefficient (Wildman–Crippen LogP) is 1.34. The summed E-state index contributed by atoms with van der Waals surface area (Å²) in [7, 11) is 3.51. The van der Waals surface area contributed by atoms with Gasteiger partial charge in [0.2, 0.25) is 0 Å². The number of methoxy groups -OCH3 is 1. The van der Waals surface area contributed by atoms with E-state index in [0.717, 1.165) is 6.42 Å². The standard InChI is InChI=1S/C11H23NO3/c1-11(2,3)15-10(13)7-6-9(12-4)8-14-5/h9,12H,6-8H2,1-5H3/t9-/m0/s1. The Morgan fingerprint density at radius 3 is 2.40 bits per heavy atom. The molecule has 1 N–H and O–H groups in total. The van der Waals surface area contributed by atoms with Crippen LogP contribution >= 0.6 is 0 Å². The largest absolute Gasteiger partial charge is 0.460 e. The fourth-order valence-electron chi connectivity index (χ4n) is 1.20. The molecule has 0 bridgehead atoms. The minimum atomic E-state index is -0.395. The molecule has 0 fully saturated rings. The summed E-state index contributed by atoms with van der Waals surface area (Å²) in [4.78, 5) is 11.4. The molecule has 0 aromatic carbocycles. The van der Waals surface area contributed by atoms with Crippen LogP contribution in [0, 0.1) is 0 Å². The molecule has 4 heteroatoms. The van der Waals surface area contributed by atoms with E-state index in [2.05, 4.69) is 5.32 Å². The summed E-state index contributed by atoms with van der Waals surface area (Å²) in [5.74, 6) is -0.154. The van der Waals surface area contributed by atoms with Crippen LogP contribution in [0.5, 0.6) is 0 Å². The molecule has 0 saturated heterocycles. The van der Waals surface area contributed by atoms with Crippen LogP contribution in [-0.4, -0.2) is 38.4 Å². The average Bonchev–Trinajstić information content (AvgIpc) is 2.09. The zero-order valence-corrected chi connectivity index (χ0v) is 10.4. The van der Waals surface area contributed by atoms with Crippen molar-refractivity contribution >= 4 is 5.97 Å². The van der Waals surface area contributed by atoms with Gasteiger partial charge < -0.3 is 14.8 Å². The van der Waals surface area contributed by atoms with Crippen molar-refractivity contribution in [1.82, 2.24) is 5.32 Å². The highest BCUT2D eigenvalue weighted by molar-refractivity contribution is 5.69. The molecule has 0 spiro atoms. The maximum Gasteiger partial charge on any atom is 0.306 e. The highest BCUT2D eigenvalue weighted by Crippen LogP contribution is 2.09. The van der Waals surface area contributed by atoms with Crippen LogP contribution in [0.4, 0.5) is 0 Å². The van der Waals surface area contributed by atoms with Crippen LogP contribution in [0.2, 0.25) is 0 Å². The molecule has 15 heavy (non-hydrogen) atoms. The molecule has 0 aliphatic heterocycles. The van der Waals surface area contributed by atoms with Crippen LogP contribution in [0.15, 0.2) is 0 Å². The minimum Gasteiger partial charge on any atom is -0.460 e. The van der Waals surface area contributed by atoms with Gasteiger partial charge in [-0.3, -0.25) is 4.79 Å². The summed E-state index contributed by atoms with van der Waals surface area (Å²) < 4.78 is 10.2. The lowest BCUT2D eigenvalue weighted by Gasteiger charge is -2.20. The van der Waals surface area contributed by atoms with Gasteiger partial charge in [0.15, 0.2) is 0 Å². The summed E-state index contributed by atoms with van der Waals surface area (Å²) in [5.41, 5.74) is -0.395. The van der Waals surface area contributed by atoms with Crippen LogP contribution in [0.25, 0.3) is 0 Å². The molecule has 0 aromatic heterocycles. The first kappa shape index (κ1) is 14.4. The number of ether oxygens (including phenoxy) is 2. The van der Waals surface area contributed by atoms with Gasteiger partial charge in [0, 0.05) is 19.6 Å². The van der Waals surface area contributed by atoms with E-state index in [1.807, 2.05) is 27.8 Å². The maximum absolute atomic E-state index is 11.4. The van der Waals surface area contributed by atoms with Crippen LogP contribution in [0.3, 0.4) is 0 Å². The smallest absolute Gasteiger partial charge is 0.306 e. The number of rotatable bonds is 6. The number of esters is 1. The Bertz CT molecular complexity index is 187. The third-order valence-corrected chi connectivity index (χ3v) is 1.89. The minimum absolute atomic E-state index is 0.154. The molecule has 0 aromatic rings. The molecular weight excluding hydrogens is 194 g/mol. The predicted molar refractivity (Wildman–Crippen MR) is 59.8 cm³/mol. The highest BCUT2D eigenvalue weighted by Gasteiger charge is 2.17. The molecule has 0 unspecified atom stereocenters. The molecule has 0 radical (unpaired) electrons. The van der Waals surface area contributed by atoms with Crippen molar-refractivity contribution in [2.45, 2.75) is 45.3 Å². The van der Waals surface area contributed by atoms with Gasteiger partial charge in [-0.25, -0.2) is 0 Å². The number of carbonyl (C=O) groups is 1. The second-order valence-corrected chi connectivity index (χ2v) is 4.57. The van der Waals surface area contributed by atoms with Crippen molar-refractivity contribution in [3.8, 4) is 0 Å². The molecule has 0 rings (SSSR count). The van der Waals surface area contributed by atoms with Gasteiger partial charge >= 0.3 is 5.97 Å². The van der Waals surface area contributed by atoms with Gasteiger partial charge in [-0.1, -0.05) is 0 Å². The first-order valence-corrected chi connectivity index (χ1v) is 5.27. The van der Waals surface area contributed by atoms with Crippen molar-refractivity contribution in [2.24, 2.45) is 0 Å². The van der Waals surface area contributed by atoms with Gasteiger partial charge in [0.05, 0.1) is 6.61 Å². The molecule has 90 valence electrons. The Morgan fingerprint density at radius 1 is 1.40 bits per heavy atom. The third-order valence-electron chi connectivity index (χ3n) is 1.89.